The SMILES string of the molecule is COc1ccc2ncc([N+](=O)[O-])n2n1. The molecule has 0 saturated carbocycles. The number of imidazole rings is 1. The molecule has 0 aliphatic heterocycles. The third kappa shape index (κ3) is 1.15. The van der Waals surface area contributed by atoms with Crippen LogP contribution in [0.3, 0.4) is 0 Å². The molecule has 72 valence electrons. The summed E-state index contributed by atoms with van der Waals surface area (Å²) in [7, 11) is 1.44. The highest BCUT2D eigenvalue weighted by Gasteiger charge is 2.15. The Hall–Kier alpha value is -2.18. The first-order valence-electron chi connectivity index (χ1n) is 3.75. The third-order valence-corrected chi connectivity index (χ3v) is 1.72. The molecule has 0 amide bonds. The van der Waals surface area contributed by atoms with E-state index in [0.29, 0.717) is 11.5 Å². The minimum atomic E-state index is -0.549. The van der Waals surface area contributed by atoms with Gasteiger partial charge in [-0.25, -0.2) is 4.98 Å². The molecule has 0 aliphatic rings. The van der Waals surface area contributed by atoms with Crippen molar-refractivity contribution in [3.8, 4) is 5.88 Å². The van der Waals surface area contributed by atoms with Crippen molar-refractivity contribution in [2.75, 3.05) is 7.11 Å². The van der Waals surface area contributed by atoms with Crippen molar-refractivity contribution in [2.24, 2.45) is 0 Å². The predicted molar refractivity (Wildman–Crippen MR) is 46.2 cm³/mol. The smallest absolute Gasteiger partial charge is 0.368 e. The van der Waals surface area contributed by atoms with Crippen LogP contribution in [0.15, 0.2) is 18.3 Å². The van der Waals surface area contributed by atoms with E-state index in [-0.39, 0.29) is 5.82 Å². The molecule has 0 bridgehead atoms. The van der Waals surface area contributed by atoms with Gasteiger partial charge in [-0.15, -0.1) is 0 Å². The fraction of sp³-hybridized carbons (Fsp3) is 0.143. The summed E-state index contributed by atoms with van der Waals surface area (Å²) in [5, 5.41) is 14.4. The number of rotatable bonds is 2. The Morgan fingerprint density at radius 3 is 3.00 bits per heavy atom. The number of methoxy groups -OCH3 is 1. The molecule has 2 rings (SSSR count). The molecule has 0 aliphatic carbocycles. The first-order chi connectivity index (χ1) is 6.72. The molecule has 0 radical (unpaired) electrons. The number of nitro groups is 1. The zero-order valence-corrected chi connectivity index (χ0v) is 7.25. The van der Waals surface area contributed by atoms with E-state index in [1.807, 2.05) is 0 Å². The van der Waals surface area contributed by atoms with Crippen LogP contribution in [-0.4, -0.2) is 26.6 Å². The molecule has 0 fully saturated rings. The van der Waals surface area contributed by atoms with E-state index in [1.54, 1.807) is 12.1 Å². The van der Waals surface area contributed by atoms with Crippen LogP contribution in [0.2, 0.25) is 0 Å². The van der Waals surface area contributed by atoms with Crippen LogP contribution in [0.1, 0.15) is 0 Å². The van der Waals surface area contributed by atoms with Gasteiger partial charge in [0.15, 0.2) is 0 Å². The second kappa shape index (κ2) is 2.95. The molecule has 2 heterocycles. The van der Waals surface area contributed by atoms with Gasteiger partial charge in [0.25, 0.3) is 5.88 Å². The lowest BCUT2D eigenvalue weighted by Gasteiger charge is -1.95. The van der Waals surface area contributed by atoms with Gasteiger partial charge in [0, 0.05) is 12.1 Å². The summed E-state index contributed by atoms with van der Waals surface area (Å²) in [6.07, 6.45) is 1.15. The van der Waals surface area contributed by atoms with E-state index >= 15 is 0 Å². The van der Waals surface area contributed by atoms with Crippen LogP contribution >= 0.6 is 0 Å². The van der Waals surface area contributed by atoms with Gasteiger partial charge in [-0.05, 0) is 10.0 Å². The topological polar surface area (TPSA) is 82.6 Å². The highest BCUT2D eigenvalue weighted by molar-refractivity contribution is 5.43. The third-order valence-electron chi connectivity index (χ3n) is 1.72. The van der Waals surface area contributed by atoms with Gasteiger partial charge in [0.2, 0.25) is 5.65 Å². The van der Waals surface area contributed by atoms with Crippen LogP contribution in [0.5, 0.6) is 5.88 Å². The highest BCUT2D eigenvalue weighted by atomic mass is 16.6. The lowest BCUT2D eigenvalue weighted by Crippen LogP contribution is -1.99. The van der Waals surface area contributed by atoms with Crippen LogP contribution in [-0.2, 0) is 0 Å². The molecular formula is C7H6N4O3. The Labute approximate surface area is 78.1 Å². The van der Waals surface area contributed by atoms with Crippen molar-refractivity contribution in [3.05, 3.63) is 28.4 Å². The fourth-order valence-corrected chi connectivity index (χ4v) is 1.08. The average molecular weight is 194 g/mol. The summed E-state index contributed by atoms with van der Waals surface area (Å²) in [4.78, 5) is 13.8. The largest absolute Gasteiger partial charge is 0.479 e. The van der Waals surface area contributed by atoms with Gasteiger partial charge < -0.3 is 14.9 Å². The summed E-state index contributed by atoms with van der Waals surface area (Å²) in [6.45, 7) is 0. The van der Waals surface area contributed by atoms with Gasteiger partial charge in [-0.1, -0.05) is 4.52 Å². The van der Waals surface area contributed by atoms with Crippen LogP contribution < -0.4 is 4.74 Å². The molecule has 0 aromatic carbocycles. The van der Waals surface area contributed by atoms with Crippen LogP contribution in [0.25, 0.3) is 5.65 Å². The summed E-state index contributed by atoms with van der Waals surface area (Å²) in [5.74, 6) is 0.123. The number of aromatic nitrogens is 3. The average Bonchev–Trinajstić information content (AvgIpc) is 2.59. The molecule has 14 heavy (non-hydrogen) atoms. The lowest BCUT2D eigenvalue weighted by atomic mass is 10.5. The minimum absolute atomic E-state index is 0.182. The Morgan fingerprint density at radius 2 is 2.36 bits per heavy atom. The van der Waals surface area contributed by atoms with Crippen molar-refractivity contribution < 1.29 is 9.66 Å². The number of nitrogens with zero attached hydrogens (tertiary/aromatic N) is 4. The number of hydrogen-bond acceptors (Lipinski definition) is 5. The molecule has 0 saturated heterocycles. The van der Waals surface area contributed by atoms with E-state index < -0.39 is 4.92 Å². The van der Waals surface area contributed by atoms with Crippen LogP contribution in [0, 0.1) is 10.1 Å². The summed E-state index contributed by atoms with van der Waals surface area (Å²) in [5.41, 5.74) is 0.414. The Kier molecular flexibility index (Phi) is 1.77. The highest BCUT2D eigenvalue weighted by Crippen LogP contribution is 2.15. The summed E-state index contributed by atoms with van der Waals surface area (Å²) >= 11 is 0. The predicted octanol–water partition coefficient (Wildman–Crippen LogP) is 0.646. The molecule has 0 atom stereocenters. The van der Waals surface area contributed by atoms with Gasteiger partial charge in [0.1, 0.15) is 6.20 Å². The molecule has 0 N–H and O–H groups in total. The standard InChI is InChI=1S/C7H6N4O3/c1-14-6-3-2-5-8-4-7(11(12)13)10(5)9-6/h2-4H,1H3. The quantitative estimate of drug-likeness (QED) is 0.517. The number of hydrogen-bond donors (Lipinski definition) is 0. The minimum Gasteiger partial charge on any atom is -0.479 e. The second-order valence-electron chi connectivity index (χ2n) is 2.52. The first kappa shape index (κ1) is 8.42. The normalized spacial score (nSPS) is 10.4. The van der Waals surface area contributed by atoms with Crippen molar-refractivity contribution in [2.45, 2.75) is 0 Å². The molecule has 0 unspecified atom stereocenters. The zero-order valence-electron chi connectivity index (χ0n) is 7.25. The van der Waals surface area contributed by atoms with E-state index in [4.69, 9.17) is 4.74 Å². The van der Waals surface area contributed by atoms with Crippen LogP contribution in [0.4, 0.5) is 5.82 Å². The first-order valence-corrected chi connectivity index (χ1v) is 3.75. The van der Waals surface area contributed by atoms with E-state index in [9.17, 15) is 10.1 Å². The maximum atomic E-state index is 10.5. The van der Waals surface area contributed by atoms with E-state index in [2.05, 4.69) is 10.1 Å². The van der Waals surface area contributed by atoms with Gasteiger partial charge in [0.05, 0.1) is 7.11 Å². The van der Waals surface area contributed by atoms with Gasteiger partial charge >= 0.3 is 5.82 Å². The monoisotopic (exact) mass is 194 g/mol. The van der Waals surface area contributed by atoms with Crippen molar-refractivity contribution in [1.29, 1.82) is 0 Å². The Bertz CT molecular complexity index is 493. The maximum absolute atomic E-state index is 10.5. The van der Waals surface area contributed by atoms with Gasteiger partial charge in [-0.3, -0.25) is 0 Å². The number of ether oxygens (including phenoxy) is 1. The van der Waals surface area contributed by atoms with E-state index in [0.717, 1.165) is 10.7 Å². The summed E-state index contributed by atoms with van der Waals surface area (Å²) < 4.78 is 5.97. The molecule has 2 aromatic heterocycles. The van der Waals surface area contributed by atoms with E-state index in [1.165, 1.54) is 7.11 Å². The van der Waals surface area contributed by atoms with Crippen molar-refractivity contribution in [1.82, 2.24) is 14.6 Å². The molecule has 0 spiro atoms. The zero-order chi connectivity index (χ0) is 10.1. The molecular weight excluding hydrogens is 188 g/mol. The lowest BCUT2D eigenvalue weighted by molar-refractivity contribution is -0.391. The Morgan fingerprint density at radius 1 is 1.57 bits per heavy atom. The molecule has 2 aromatic rings. The van der Waals surface area contributed by atoms with Gasteiger partial charge in [-0.2, -0.15) is 0 Å². The Balaban J connectivity index is 2.69. The van der Waals surface area contributed by atoms with Crippen molar-refractivity contribution >= 4 is 11.5 Å². The maximum Gasteiger partial charge on any atom is 0.368 e. The molecule has 7 nitrogen and oxygen atoms in total. The molecule has 7 heteroatoms. The summed E-state index contributed by atoms with van der Waals surface area (Å²) in [6, 6.07) is 3.19. The van der Waals surface area contributed by atoms with Crippen molar-refractivity contribution in [3.63, 3.8) is 0 Å². The number of fused-ring (bicyclic) bond motifs is 1. The fourth-order valence-electron chi connectivity index (χ4n) is 1.08. The second-order valence-corrected chi connectivity index (χ2v) is 2.52.